The van der Waals surface area contributed by atoms with Crippen molar-refractivity contribution in [1.29, 1.82) is 0 Å². The lowest BCUT2D eigenvalue weighted by atomic mass is 10.2. The Morgan fingerprint density at radius 1 is 1.61 bits per heavy atom. The van der Waals surface area contributed by atoms with Gasteiger partial charge in [-0.15, -0.1) is 11.3 Å². The number of aryl methyl sites for hydroxylation is 2. The molecular formula is C11H14N4O2S. The number of nitrogen functional groups attached to an aromatic ring is 1. The smallest absolute Gasteiger partial charge is 0.273 e. The van der Waals surface area contributed by atoms with Crippen LogP contribution in [-0.2, 0) is 6.42 Å². The highest BCUT2D eigenvalue weighted by Crippen LogP contribution is 2.12. The van der Waals surface area contributed by atoms with E-state index in [2.05, 4.69) is 15.3 Å². The zero-order chi connectivity index (χ0) is 13.0. The van der Waals surface area contributed by atoms with Crippen LogP contribution >= 0.6 is 11.3 Å². The number of amides is 1. The third-order valence-corrected chi connectivity index (χ3v) is 3.15. The molecule has 6 nitrogen and oxygen atoms in total. The Balaban J connectivity index is 1.73. The van der Waals surface area contributed by atoms with Crippen LogP contribution in [0.15, 0.2) is 16.2 Å². The Bertz CT molecular complexity index is 535. The number of anilines is 1. The molecule has 0 unspecified atom stereocenters. The van der Waals surface area contributed by atoms with Gasteiger partial charge in [-0.3, -0.25) is 4.79 Å². The van der Waals surface area contributed by atoms with Crippen molar-refractivity contribution in [2.24, 2.45) is 0 Å². The molecule has 0 aliphatic rings. The second kappa shape index (κ2) is 5.63. The predicted octanol–water partition coefficient (Wildman–Crippen LogP) is 1.38. The number of hydrogen-bond donors (Lipinski definition) is 2. The van der Waals surface area contributed by atoms with E-state index in [0.717, 1.165) is 18.5 Å². The summed E-state index contributed by atoms with van der Waals surface area (Å²) in [5.74, 6) is 0.318. The molecular weight excluding hydrogens is 252 g/mol. The highest BCUT2D eigenvalue weighted by molar-refractivity contribution is 7.13. The number of rotatable bonds is 5. The third-order valence-electron chi connectivity index (χ3n) is 2.42. The van der Waals surface area contributed by atoms with Gasteiger partial charge in [-0.2, -0.15) is 0 Å². The van der Waals surface area contributed by atoms with E-state index in [-0.39, 0.29) is 5.91 Å². The average Bonchev–Trinajstić information content (AvgIpc) is 2.93. The fourth-order valence-electron chi connectivity index (χ4n) is 1.52. The van der Waals surface area contributed by atoms with Gasteiger partial charge in [0.05, 0.1) is 5.69 Å². The molecule has 2 aromatic rings. The van der Waals surface area contributed by atoms with Crippen molar-refractivity contribution in [3.63, 3.8) is 0 Å². The van der Waals surface area contributed by atoms with E-state index >= 15 is 0 Å². The Morgan fingerprint density at radius 3 is 3.06 bits per heavy atom. The van der Waals surface area contributed by atoms with E-state index in [1.807, 2.05) is 5.38 Å². The Kier molecular flexibility index (Phi) is 3.93. The SMILES string of the molecule is Cc1ocnc1C(=O)NCCCc1csc(N)n1. The van der Waals surface area contributed by atoms with E-state index in [1.54, 1.807) is 6.92 Å². The van der Waals surface area contributed by atoms with Gasteiger partial charge in [-0.25, -0.2) is 9.97 Å². The largest absolute Gasteiger partial charge is 0.448 e. The first-order valence-corrected chi connectivity index (χ1v) is 6.43. The van der Waals surface area contributed by atoms with E-state index in [0.29, 0.717) is 23.1 Å². The van der Waals surface area contributed by atoms with Gasteiger partial charge < -0.3 is 15.5 Å². The van der Waals surface area contributed by atoms with Crippen LogP contribution in [0.3, 0.4) is 0 Å². The average molecular weight is 266 g/mol. The number of nitrogens with zero attached hydrogens (tertiary/aromatic N) is 2. The molecule has 18 heavy (non-hydrogen) atoms. The van der Waals surface area contributed by atoms with Crippen molar-refractivity contribution < 1.29 is 9.21 Å². The van der Waals surface area contributed by atoms with E-state index in [9.17, 15) is 4.79 Å². The molecule has 0 radical (unpaired) electrons. The fraction of sp³-hybridized carbons (Fsp3) is 0.364. The van der Waals surface area contributed by atoms with Crippen molar-refractivity contribution in [3.8, 4) is 0 Å². The molecule has 2 aromatic heterocycles. The Morgan fingerprint density at radius 2 is 2.44 bits per heavy atom. The van der Waals surface area contributed by atoms with Crippen LogP contribution < -0.4 is 11.1 Å². The summed E-state index contributed by atoms with van der Waals surface area (Å²) in [7, 11) is 0. The van der Waals surface area contributed by atoms with Gasteiger partial charge in [0.1, 0.15) is 5.76 Å². The lowest BCUT2D eigenvalue weighted by Gasteiger charge is -2.02. The summed E-state index contributed by atoms with van der Waals surface area (Å²) in [4.78, 5) is 19.7. The van der Waals surface area contributed by atoms with Gasteiger partial charge in [-0.1, -0.05) is 0 Å². The number of oxazole rings is 1. The second-order valence-corrected chi connectivity index (χ2v) is 4.68. The molecule has 7 heteroatoms. The number of hydrogen-bond acceptors (Lipinski definition) is 6. The van der Waals surface area contributed by atoms with Crippen LogP contribution in [0, 0.1) is 6.92 Å². The van der Waals surface area contributed by atoms with Gasteiger partial charge in [0.25, 0.3) is 5.91 Å². The minimum atomic E-state index is -0.209. The Hall–Kier alpha value is -1.89. The van der Waals surface area contributed by atoms with Crippen LogP contribution in [0.5, 0.6) is 0 Å². The number of aromatic nitrogens is 2. The minimum Gasteiger partial charge on any atom is -0.448 e. The van der Waals surface area contributed by atoms with Crippen LogP contribution in [0.4, 0.5) is 5.13 Å². The first kappa shape index (κ1) is 12.6. The number of carbonyl (C=O) groups excluding carboxylic acids is 1. The normalized spacial score (nSPS) is 10.5. The predicted molar refractivity (Wildman–Crippen MR) is 68.4 cm³/mol. The number of nitrogens with two attached hydrogens (primary N) is 1. The van der Waals surface area contributed by atoms with E-state index in [4.69, 9.17) is 10.2 Å². The topological polar surface area (TPSA) is 94.0 Å². The summed E-state index contributed by atoms with van der Waals surface area (Å²) in [6, 6.07) is 0. The van der Waals surface area contributed by atoms with Crippen molar-refractivity contribution in [1.82, 2.24) is 15.3 Å². The molecule has 0 fully saturated rings. The number of carbonyl (C=O) groups is 1. The summed E-state index contributed by atoms with van der Waals surface area (Å²) in [5.41, 5.74) is 6.83. The lowest BCUT2D eigenvalue weighted by molar-refractivity contribution is 0.0947. The highest BCUT2D eigenvalue weighted by Gasteiger charge is 2.12. The fourth-order valence-corrected chi connectivity index (χ4v) is 2.11. The zero-order valence-corrected chi connectivity index (χ0v) is 10.8. The molecule has 0 saturated heterocycles. The van der Waals surface area contributed by atoms with Gasteiger partial charge in [0.15, 0.2) is 17.2 Å². The molecule has 0 aliphatic heterocycles. The van der Waals surface area contributed by atoms with E-state index in [1.165, 1.54) is 17.7 Å². The lowest BCUT2D eigenvalue weighted by Crippen LogP contribution is -2.25. The maximum atomic E-state index is 11.7. The van der Waals surface area contributed by atoms with E-state index < -0.39 is 0 Å². The summed E-state index contributed by atoms with van der Waals surface area (Å²) >= 11 is 1.43. The third kappa shape index (κ3) is 3.07. The minimum absolute atomic E-state index is 0.209. The summed E-state index contributed by atoms with van der Waals surface area (Å²) in [5, 5.41) is 5.29. The molecule has 0 bridgehead atoms. The molecule has 0 saturated carbocycles. The molecule has 96 valence electrons. The van der Waals surface area contributed by atoms with Gasteiger partial charge in [-0.05, 0) is 19.8 Å². The Labute approximate surface area is 108 Å². The molecule has 0 atom stereocenters. The van der Waals surface area contributed by atoms with Crippen molar-refractivity contribution in [2.75, 3.05) is 12.3 Å². The summed E-state index contributed by atoms with van der Waals surface area (Å²) in [6.07, 6.45) is 2.87. The van der Waals surface area contributed by atoms with Gasteiger partial charge in [0.2, 0.25) is 0 Å². The van der Waals surface area contributed by atoms with Crippen LogP contribution in [-0.4, -0.2) is 22.4 Å². The molecule has 2 heterocycles. The first-order valence-electron chi connectivity index (χ1n) is 5.55. The molecule has 0 aliphatic carbocycles. The molecule has 1 amide bonds. The summed E-state index contributed by atoms with van der Waals surface area (Å²) in [6.45, 7) is 2.28. The standard InChI is InChI=1S/C11H14N4O2S/c1-7-9(14-6-17-7)10(16)13-4-2-3-8-5-18-11(12)15-8/h5-6H,2-4H2,1H3,(H2,12,15)(H,13,16). The van der Waals surface area contributed by atoms with Crippen molar-refractivity contribution in [3.05, 3.63) is 28.9 Å². The second-order valence-electron chi connectivity index (χ2n) is 3.79. The van der Waals surface area contributed by atoms with Gasteiger partial charge >= 0.3 is 0 Å². The molecule has 0 spiro atoms. The quantitative estimate of drug-likeness (QED) is 0.797. The summed E-state index contributed by atoms with van der Waals surface area (Å²) < 4.78 is 4.97. The highest BCUT2D eigenvalue weighted by atomic mass is 32.1. The first-order chi connectivity index (χ1) is 8.66. The molecule has 2 rings (SSSR count). The monoisotopic (exact) mass is 266 g/mol. The molecule has 0 aromatic carbocycles. The maximum absolute atomic E-state index is 11.7. The zero-order valence-electron chi connectivity index (χ0n) is 9.97. The van der Waals surface area contributed by atoms with Crippen LogP contribution in [0.2, 0.25) is 0 Å². The molecule has 3 N–H and O–H groups in total. The van der Waals surface area contributed by atoms with Crippen LogP contribution in [0.25, 0.3) is 0 Å². The van der Waals surface area contributed by atoms with Crippen molar-refractivity contribution in [2.45, 2.75) is 19.8 Å². The number of nitrogens with one attached hydrogen (secondary N) is 1. The van der Waals surface area contributed by atoms with Gasteiger partial charge in [0, 0.05) is 11.9 Å². The van der Waals surface area contributed by atoms with Crippen molar-refractivity contribution >= 4 is 22.4 Å². The maximum Gasteiger partial charge on any atom is 0.273 e. The number of thiazole rings is 1. The van der Waals surface area contributed by atoms with Crippen LogP contribution in [0.1, 0.15) is 28.4 Å².